The van der Waals surface area contributed by atoms with E-state index < -0.39 is 44.4 Å². The highest BCUT2D eigenvalue weighted by Gasteiger charge is 2.26. The van der Waals surface area contributed by atoms with Crippen molar-refractivity contribution in [2.45, 2.75) is 24.8 Å². The number of anilines is 1. The van der Waals surface area contributed by atoms with Gasteiger partial charge in [-0.3, -0.25) is 19.1 Å². The Morgan fingerprint density at radius 1 is 0.939 bits per heavy atom. The summed E-state index contributed by atoms with van der Waals surface area (Å²) in [6.45, 7) is 2.07. The van der Waals surface area contributed by atoms with Crippen molar-refractivity contribution in [2.75, 3.05) is 24.6 Å². The number of carbonyl (C=O) groups is 3. The van der Waals surface area contributed by atoms with Crippen LogP contribution in [0.5, 0.6) is 0 Å². The van der Waals surface area contributed by atoms with Crippen molar-refractivity contribution in [1.29, 1.82) is 0 Å². The van der Waals surface area contributed by atoms with E-state index in [-0.39, 0.29) is 21.9 Å². The van der Waals surface area contributed by atoms with Crippen LogP contribution in [0.3, 0.4) is 0 Å². The molecular formula is C21H24N2O8S2. The largest absolute Gasteiger partial charge is 0.453 e. The maximum absolute atomic E-state index is 12.6. The highest BCUT2D eigenvalue weighted by molar-refractivity contribution is 7.92. The van der Waals surface area contributed by atoms with Gasteiger partial charge in [0, 0.05) is 23.9 Å². The highest BCUT2D eigenvalue weighted by atomic mass is 32.2. The third-order valence-corrected chi connectivity index (χ3v) is 6.90. The SMILES string of the molecule is CC(=O)c1ccc(S(=O)(=O)N(C)CC(=O)OC(C)C(=O)c2ccc(NS(C)(=O)=O)cc2)cc1. The van der Waals surface area contributed by atoms with Gasteiger partial charge in [0.1, 0.15) is 6.54 Å². The molecule has 0 saturated heterocycles. The summed E-state index contributed by atoms with van der Waals surface area (Å²) in [5, 5.41) is 0. The summed E-state index contributed by atoms with van der Waals surface area (Å²) in [5.41, 5.74) is 0.797. The summed E-state index contributed by atoms with van der Waals surface area (Å²) in [6.07, 6.45) is -0.205. The molecule has 2 aromatic carbocycles. The zero-order chi connectivity index (χ0) is 25.0. The minimum absolute atomic E-state index is 0.102. The third-order valence-electron chi connectivity index (χ3n) is 4.47. The predicted octanol–water partition coefficient (Wildman–Crippen LogP) is 1.70. The lowest BCUT2D eigenvalue weighted by Gasteiger charge is -2.18. The fraction of sp³-hybridized carbons (Fsp3) is 0.286. The van der Waals surface area contributed by atoms with Gasteiger partial charge in [-0.1, -0.05) is 12.1 Å². The average molecular weight is 497 g/mol. The summed E-state index contributed by atoms with van der Waals surface area (Å²) >= 11 is 0. The molecule has 2 rings (SSSR count). The van der Waals surface area contributed by atoms with Gasteiger partial charge in [-0.05, 0) is 50.2 Å². The van der Waals surface area contributed by atoms with Crippen molar-refractivity contribution < 1.29 is 36.0 Å². The summed E-state index contributed by atoms with van der Waals surface area (Å²) in [6, 6.07) is 10.8. The van der Waals surface area contributed by atoms with E-state index >= 15 is 0 Å². The van der Waals surface area contributed by atoms with E-state index in [1.807, 2.05) is 0 Å². The Bertz CT molecular complexity index is 1250. The molecule has 10 nitrogen and oxygen atoms in total. The molecule has 0 spiro atoms. The summed E-state index contributed by atoms with van der Waals surface area (Å²) in [5.74, 6) is -1.69. The number of carbonyl (C=O) groups excluding carboxylic acids is 3. The number of nitrogens with one attached hydrogen (secondary N) is 1. The van der Waals surface area contributed by atoms with Gasteiger partial charge in [0.15, 0.2) is 11.9 Å². The molecule has 0 fully saturated rings. The number of hydrogen-bond donors (Lipinski definition) is 1. The van der Waals surface area contributed by atoms with E-state index in [9.17, 15) is 31.2 Å². The van der Waals surface area contributed by atoms with Crippen molar-refractivity contribution in [3.05, 3.63) is 59.7 Å². The Morgan fingerprint density at radius 3 is 1.94 bits per heavy atom. The molecule has 0 amide bonds. The van der Waals surface area contributed by atoms with Crippen LogP contribution in [-0.2, 0) is 29.6 Å². The first kappa shape index (κ1) is 26.2. The van der Waals surface area contributed by atoms with Crippen molar-refractivity contribution >= 4 is 43.3 Å². The van der Waals surface area contributed by atoms with Crippen LogP contribution >= 0.6 is 0 Å². The second-order valence-corrected chi connectivity index (χ2v) is 11.1. The Kier molecular flexibility index (Phi) is 8.11. The van der Waals surface area contributed by atoms with Crippen molar-refractivity contribution in [2.24, 2.45) is 0 Å². The molecular weight excluding hydrogens is 472 g/mol. The monoisotopic (exact) mass is 496 g/mol. The maximum atomic E-state index is 12.6. The minimum Gasteiger partial charge on any atom is -0.453 e. The van der Waals surface area contributed by atoms with Gasteiger partial charge in [-0.2, -0.15) is 4.31 Å². The number of rotatable bonds is 10. The van der Waals surface area contributed by atoms with Gasteiger partial charge >= 0.3 is 5.97 Å². The number of benzene rings is 2. The first-order chi connectivity index (χ1) is 15.2. The smallest absolute Gasteiger partial charge is 0.322 e. The van der Waals surface area contributed by atoms with Crippen LogP contribution in [0.2, 0.25) is 0 Å². The van der Waals surface area contributed by atoms with Crippen LogP contribution in [0.4, 0.5) is 5.69 Å². The molecule has 0 saturated carbocycles. The van der Waals surface area contributed by atoms with E-state index in [2.05, 4.69) is 4.72 Å². The second kappa shape index (κ2) is 10.2. The quantitative estimate of drug-likeness (QED) is 0.387. The fourth-order valence-corrected chi connectivity index (χ4v) is 4.43. The topological polar surface area (TPSA) is 144 Å². The molecule has 178 valence electrons. The molecule has 2 aromatic rings. The zero-order valence-corrected chi connectivity index (χ0v) is 20.1. The molecule has 0 heterocycles. The fourth-order valence-electron chi connectivity index (χ4n) is 2.75. The number of esters is 1. The van der Waals surface area contributed by atoms with E-state index in [0.29, 0.717) is 5.56 Å². The first-order valence-corrected chi connectivity index (χ1v) is 12.9. The number of hydrogen-bond acceptors (Lipinski definition) is 8. The normalized spacial score (nSPS) is 12.8. The Hall–Kier alpha value is -3.09. The van der Waals surface area contributed by atoms with Crippen molar-refractivity contribution in [1.82, 2.24) is 4.31 Å². The molecule has 0 aliphatic carbocycles. The second-order valence-electron chi connectivity index (χ2n) is 7.29. The van der Waals surface area contributed by atoms with Crippen LogP contribution in [0.15, 0.2) is 53.4 Å². The maximum Gasteiger partial charge on any atom is 0.322 e. The lowest BCUT2D eigenvalue weighted by atomic mass is 10.1. The van der Waals surface area contributed by atoms with E-state index in [0.717, 1.165) is 10.6 Å². The van der Waals surface area contributed by atoms with Gasteiger partial charge in [0.2, 0.25) is 25.8 Å². The summed E-state index contributed by atoms with van der Waals surface area (Å²) < 4.78 is 55.9. The number of ether oxygens (including phenoxy) is 1. The van der Waals surface area contributed by atoms with Gasteiger partial charge < -0.3 is 4.74 Å². The molecule has 1 unspecified atom stereocenters. The van der Waals surface area contributed by atoms with E-state index in [1.54, 1.807) is 0 Å². The molecule has 1 N–H and O–H groups in total. The third kappa shape index (κ3) is 7.20. The summed E-state index contributed by atoms with van der Waals surface area (Å²) in [7, 11) is -6.30. The number of Topliss-reactive ketones (excluding diaryl/α,β-unsaturated/α-hetero) is 2. The molecule has 12 heteroatoms. The van der Waals surface area contributed by atoms with Gasteiger partial charge in [-0.15, -0.1) is 0 Å². The lowest BCUT2D eigenvalue weighted by Crippen LogP contribution is -2.35. The molecule has 33 heavy (non-hydrogen) atoms. The van der Waals surface area contributed by atoms with E-state index in [1.165, 1.54) is 69.4 Å². The number of sulfonamides is 2. The van der Waals surface area contributed by atoms with Gasteiger partial charge in [0.05, 0.1) is 11.2 Å². The van der Waals surface area contributed by atoms with Crippen LogP contribution in [0, 0.1) is 0 Å². The van der Waals surface area contributed by atoms with Crippen molar-refractivity contribution in [3.8, 4) is 0 Å². The Labute approximate surface area is 192 Å². The molecule has 1 atom stereocenters. The zero-order valence-electron chi connectivity index (χ0n) is 18.4. The number of nitrogens with zero attached hydrogens (tertiary/aromatic N) is 1. The summed E-state index contributed by atoms with van der Waals surface area (Å²) in [4.78, 5) is 36.0. The minimum atomic E-state index is -4.02. The molecule has 0 aromatic heterocycles. The average Bonchev–Trinajstić information content (AvgIpc) is 2.72. The van der Waals surface area contributed by atoms with Crippen LogP contribution < -0.4 is 4.72 Å². The standard InChI is InChI=1S/C21H24N2O8S2/c1-14(24)16-7-11-19(12-8-16)33(29,30)23(3)13-20(25)31-15(2)21(26)17-5-9-18(10-6-17)22-32(4,27)28/h5-12,15,22H,13H2,1-4H3. The Balaban J connectivity index is 2.01. The van der Waals surface area contributed by atoms with E-state index in [4.69, 9.17) is 4.74 Å². The van der Waals surface area contributed by atoms with Gasteiger partial charge in [0.25, 0.3) is 0 Å². The first-order valence-electron chi connectivity index (χ1n) is 9.59. The molecule has 0 aliphatic rings. The van der Waals surface area contributed by atoms with Crippen LogP contribution in [0.1, 0.15) is 34.6 Å². The molecule has 0 aliphatic heterocycles. The molecule has 0 bridgehead atoms. The van der Waals surface area contributed by atoms with Crippen molar-refractivity contribution in [3.63, 3.8) is 0 Å². The van der Waals surface area contributed by atoms with Crippen LogP contribution in [-0.4, -0.2) is 64.6 Å². The van der Waals surface area contributed by atoms with Crippen LogP contribution in [0.25, 0.3) is 0 Å². The number of likely N-dealkylation sites (N-methyl/N-ethyl adjacent to an activating group) is 1. The highest BCUT2D eigenvalue weighted by Crippen LogP contribution is 2.17. The number of ketones is 2. The Morgan fingerprint density at radius 2 is 1.45 bits per heavy atom. The predicted molar refractivity (Wildman–Crippen MR) is 121 cm³/mol. The lowest BCUT2D eigenvalue weighted by molar-refractivity contribution is -0.146. The molecule has 0 radical (unpaired) electrons. The van der Waals surface area contributed by atoms with Gasteiger partial charge in [-0.25, -0.2) is 16.8 Å².